The summed E-state index contributed by atoms with van der Waals surface area (Å²) in [6, 6.07) is -1.84. The Balaban J connectivity index is 2.19. The highest BCUT2D eigenvalue weighted by atomic mass is 16.6. The first-order valence-electron chi connectivity index (χ1n) is 10.0. The highest BCUT2D eigenvalue weighted by molar-refractivity contribution is 5.97. The van der Waals surface area contributed by atoms with Crippen LogP contribution in [0.1, 0.15) is 52.9 Å². The van der Waals surface area contributed by atoms with Crippen molar-refractivity contribution in [1.29, 1.82) is 0 Å². The summed E-state index contributed by atoms with van der Waals surface area (Å²) in [4.78, 5) is 54.0. The fraction of sp³-hybridized carbons (Fsp3) is 0.737. The zero-order chi connectivity index (χ0) is 22.6. The Hall–Kier alpha value is -2.85. The van der Waals surface area contributed by atoms with E-state index in [0.29, 0.717) is 32.2 Å². The molecule has 0 radical (unpaired) electrons. The summed E-state index contributed by atoms with van der Waals surface area (Å²) in [5.74, 6) is -2.93. The Labute approximate surface area is 175 Å². The molecule has 6 N–H and O–H groups in total. The number of nitrogens with two attached hydrogens (primary N) is 2. The summed E-state index contributed by atoms with van der Waals surface area (Å²) in [5.41, 5.74) is 10.1. The lowest BCUT2D eigenvalue weighted by atomic mass is 9.89. The smallest absolute Gasteiger partial charge is 0.329 e. The fourth-order valence-electron chi connectivity index (χ4n) is 4.11. The Bertz CT molecular complexity index is 727. The number of rotatable bonds is 7. The largest absolute Gasteiger partial charge is 0.481 e. The van der Waals surface area contributed by atoms with Gasteiger partial charge < -0.3 is 31.5 Å². The predicted molar refractivity (Wildman–Crippen MR) is 107 cm³/mol. The van der Waals surface area contributed by atoms with Crippen LogP contribution < -0.4 is 16.8 Å². The van der Waals surface area contributed by atoms with Gasteiger partial charge in [-0.15, -0.1) is 0 Å². The van der Waals surface area contributed by atoms with E-state index in [1.807, 2.05) is 0 Å². The number of carbonyl (C=O) groups is 4. The minimum absolute atomic E-state index is 0.00485. The number of amides is 2. The molecule has 2 saturated heterocycles. The third-order valence-corrected chi connectivity index (χ3v) is 5.19. The Morgan fingerprint density at radius 2 is 1.93 bits per heavy atom. The zero-order valence-corrected chi connectivity index (χ0v) is 17.6. The number of esters is 1. The van der Waals surface area contributed by atoms with E-state index in [2.05, 4.69) is 10.3 Å². The molecule has 0 aromatic heterocycles. The number of nitrogens with one attached hydrogen (secondary N) is 1. The highest BCUT2D eigenvalue weighted by Crippen LogP contribution is 2.39. The van der Waals surface area contributed by atoms with Crippen LogP contribution in [0.3, 0.4) is 0 Å². The van der Waals surface area contributed by atoms with Crippen molar-refractivity contribution in [3.63, 3.8) is 0 Å². The molecule has 11 heteroatoms. The summed E-state index contributed by atoms with van der Waals surface area (Å²) < 4.78 is 5.51. The molecule has 30 heavy (non-hydrogen) atoms. The number of ether oxygens (including phenoxy) is 1. The number of guanidine groups is 1. The quantitative estimate of drug-likeness (QED) is 0.179. The number of carboxylic acids is 1. The Morgan fingerprint density at radius 3 is 2.50 bits per heavy atom. The third kappa shape index (κ3) is 6.07. The number of fused-ring (bicyclic) bond motifs is 1. The molecule has 2 aliphatic heterocycles. The number of nitrogens with zero attached hydrogens (tertiary/aromatic N) is 2. The van der Waals surface area contributed by atoms with Crippen LogP contribution in [0.4, 0.5) is 0 Å². The molecule has 0 bridgehead atoms. The van der Waals surface area contributed by atoms with E-state index in [-0.39, 0.29) is 17.9 Å². The molecule has 4 atom stereocenters. The summed E-state index contributed by atoms with van der Waals surface area (Å²) in [7, 11) is 0. The van der Waals surface area contributed by atoms with Crippen molar-refractivity contribution in [2.24, 2.45) is 22.4 Å². The molecule has 0 saturated carbocycles. The van der Waals surface area contributed by atoms with Gasteiger partial charge >= 0.3 is 11.9 Å². The first-order chi connectivity index (χ1) is 13.9. The van der Waals surface area contributed by atoms with Gasteiger partial charge in [-0.1, -0.05) is 0 Å². The molecular formula is C19H31N5O6. The topological polar surface area (TPSA) is 177 Å². The van der Waals surface area contributed by atoms with E-state index in [4.69, 9.17) is 21.3 Å². The van der Waals surface area contributed by atoms with Crippen molar-refractivity contribution in [2.75, 3.05) is 6.54 Å². The van der Waals surface area contributed by atoms with Crippen molar-refractivity contribution >= 4 is 29.7 Å². The predicted octanol–water partition coefficient (Wildman–Crippen LogP) is -0.669. The van der Waals surface area contributed by atoms with Crippen molar-refractivity contribution in [3.05, 3.63) is 0 Å². The zero-order valence-electron chi connectivity index (χ0n) is 17.6. The molecular weight excluding hydrogens is 394 g/mol. The lowest BCUT2D eigenvalue weighted by Crippen LogP contribution is -2.58. The molecule has 0 aliphatic carbocycles. The highest BCUT2D eigenvalue weighted by Gasteiger charge is 2.51. The molecule has 11 nitrogen and oxygen atoms in total. The van der Waals surface area contributed by atoms with Gasteiger partial charge in [0.1, 0.15) is 24.1 Å². The fourth-order valence-corrected chi connectivity index (χ4v) is 4.11. The van der Waals surface area contributed by atoms with Crippen molar-refractivity contribution < 1.29 is 29.0 Å². The maximum absolute atomic E-state index is 13.1. The summed E-state index contributed by atoms with van der Waals surface area (Å²) in [6.45, 7) is 5.63. The standard InChI is InChI=1S/C19H31N5O6/c1-19(2,3)30-17(29)13-8-10(6-7-22-18(20)21)12-5-4-11(16(28)24(12)13)23-14(25)9-15(26)27/h10-13H,4-9H2,1-3H3,(H,23,25)(H,26,27)(H4,20,21,22)/t10-,11-,12+,13-/m0/s1. The number of aliphatic carboxylic acids is 1. The van der Waals surface area contributed by atoms with Crippen molar-refractivity contribution in [2.45, 2.75) is 76.6 Å². The summed E-state index contributed by atoms with van der Waals surface area (Å²) >= 11 is 0. The molecule has 0 aromatic rings. The minimum Gasteiger partial charge on any atom is -0.481 e. The number of carbonyl (C=O) groups excluding carboxylic acids is 3. The SMILES string of the molecule is CC(C)(C)OC(=O)[C@@H]1C[C@H](CCN=C(N)N)[C@H]2CC[C@H](NC(=O)CC(=O)O)C(=O)N21. The Morgan fingerprint density at radius 1 is 1.27 bits per heavy atom. The molecule has 2 aliphatic rings. The van der Waals surface area contributed by atoms with E-state index in [0.717, 1.165) is 0 Å². The average Bonchev–Trinajstić information content (AvgIpc) is 2.94. The summed E-state index contributed by atoms with van der Waals surface area (Å²) in [6.07, 6.45) is 1.23. The van der Waals surface area contributed by atoms with Crippen LogP contribution in [0.15, 0.2) is 4.99 Å². The third-order valence-electron chi connectivity index (χ3n) is 5.19. The number of carboxylic acid groups (broad SMARTS) is 1. The van der Waals surface area contributed by atoms with Gasteiger partial charge in [0, 0.05) is 12.6 Å². The minimum atomic E-state index is -1.28. The average molecular weight is 425 g/mol. The van der Waals surface area contributed by atoms with Crippen LogP contribution in [-0.4, -0.2) is 70.0 Å². The van der Waals surface area contributed by atoms with Gasteiger partial charge in [-0.05, 0) is 52.4 Å². The molecule has 168 valence electrons. The molecule has 0 unspecified atom stereocenters. The van der Waals surface area contributed by atoms with E-state index in [1.165, 1.54) is 4.90 Å². The van der Waals surface area contributed by atoms with Crippen LogP contribution >= 0.6 is 0 Å². The van der Waals surface area contributed by atoms with E-state index in [1.54, 1.807) is 20.8 Å². The lowest BCUT2D eigenvalue weighted by Gasteiger charge is -2.39. The molecule has 0 spiro atoms. The molecule has 2 heterocycles. The van der Waals surface area contributed by atoms with Gasteiger partial charge in [0.15, 0.2) is 5.96 Å². The van der Waals surface area contributed by atoms with E-state index < -0.39 is 47.9 Å². The van der Waals surface area contributed by atoms with Crippen molar-refractivity contribution in [1.82, 2.24) is 10.2 Å². The monoisotopic (exact) mass is 425 g/mol. The van der Waals surface area contributed by atoms with Gasteiger partial charge in [-0.25, -0.2) is 4.79 Å². The van der Waals surface area contributed by atoms with Gasteiger partial charge in [-0.2, -0.15) is 0 Å². The second kappa shape index (κ2) is 9.31. The first kappa shape index (κ1) is 23.4. The number of hydrogen-bond donors (Lipinski definition) is 4. The second-order valence-electron chi connectivity index (χ2n) is 8.72. The molecule has 2 rings (SSSR count). The maximum Gasteiger partial charge on any atom is 0.329 e. The summed E-state index contributed by atoms with van der Waals surface area (Å²) in [5, 5.41) is 11.2. The van der Waals surface area contributed by atoms with Crippen molar-refractivity contribution in [3.8, 4) is 0 Å². The van der Waals surface area contributed by atoms with Gasteiger partial charge in [0.25, 0.3) is 0 Å². The van der Waals surface area contributed by atoms with Gasteiger partial charge in [0.05, 0.1) is 0 Å². The maximum atomic E-state index is 13.1. The van der Waals surface area contributed by atoms with Crippen LogP contribution in [0.5, 0.6) is 0 Å². The lowest BCUT2D eigenvalue weighted by molar-refractivity contribution is -0.165. The van der Waals surface area contributed by atoms with Crippen LogP contribution in [0.2, 0.25) is 0 Å². The Kier molecular flexibility index (Phi) is 7.27. The molecule has 0 aromatic carbocycles. The molecule has 2 fully saturated rings. The second-order valence-corrected chi connectivity index (χ2v) is 8.72. The number of aliphatic imine (C=N–C) groups is 1. The van der Waals surface area contributed by atoms with E-state index >= 15 is 0 Å². The number of hydrogen-bond acceptors (Lipinski definition) is 6. The first-order valence-corrected chi connectivity index (χ1v) is 10.0. The molecule has 2 amide bonds. The van der Waals surface area contributed by atoms with Crippen LogP contribution in [-0.2, 0) is 23.9 Å². The van der Waals surface area contributed by atoms with E-state index in [9.17, 15) is 19.2 Å². The van der Waals surface area contributed by atoms with Gasteiger partial charge in [0.2, 0.25) is 11.8 Å². The number of piperidine rings is 1. The van der Waals surface area contributed by atoms with Gasteiger partial charge in [-0.3, -0.25) is 19.4 Å². The normalized spacial score (nSPS) is 26.0. The van der Waals surface area contributed by atoms with Crippen LogP contribution in [0, 0.1) is 5.92 Å². The van der Waals surface area contributed by atoms with Crippen LogP contribution in [0.25, 0.3) is 0 Å².